The van der Waals surface area contributed by atoms with Gasteiger partial charge in [0.1, 0.15) is 11.5 Å². The minimum absolute atomic E-state index is 0.137. The van der Waals surface area contributed by atoms with Crippen LogP contribution in [0.3, 0.4) is 0 Å². The molecule has 0 fully saturated rings. The molecular formula is C8H11N3O. The van der Waals surface area contributed by atoms with Gasteiger partial charge in [-0.15, -0.1) is 0 Å². The number of carbonyl (C=O) groups is 1. The van der Waals surface area contributed by atoms with E-state index in [2.05, 4.69) is 4.98 Å². The van der Waals surface area contributed by atoms with Crippen LogP contribution in [0.1, 0.15) is 10.5 Å². The molecule has 0 radical (unpaired) electrons. The lowest BCUT2D eigenvalue weighted by Gasteiger charge is -2.08. The number of rotatable bonds is 1. The van der Waals surface area contributed by atoms with Gasteiger partial charge in [0.05, 0.1) is 0 Å². The van der Waals surface area contributed by atoms with E-state index in [1.807, 2.05) is 0 Å². The Morgan fingerprint density at radius 2 is 2.17 bits per heavy atom. The van der Waals surface area contributed by atoms with Crippen molar-refractivity contribution < 1.29 is 4.79 Å². The maximum atomic E-state index is 11.3. The lowest BCUT2D eigenvalue weighted by molar-refractivity contribution is 0.0822. The smallest absolute Gasteiger partial charge is 0.272 e. The molecule has 0 atom stereocenters. The van der Waals surface area contributed by atoms with Crippen LogP contribution >= 0.6 is 0 Å². The van der Waals surface area contributed by atoms with E-state index in [0.29, 0.717) is 11.5 Å². The van der Waals surface area contributed by atoms with Crippen molar-refractivity contribution in [1.82, 2.24) is 9.88 Å². The summed E-state index contributed by atoms with van der Waals surface area (Å²) in [5, 5.41) is 0. The van der Waals surface area contributed by atoms with Crippen molar-refractivity contribution in [1.29, 1.82) is 0 Å². The molecule has 12 heavy (non-hydrogen) atoms. The first-order valence-electron chi connectivity index (χ1n) is 3.55. The normalized spacial score (nSPS) is 9.50. The van der Waals surface area contributed by atoms with Crippen molar-refractivity contribution >= 4 is 11.7 Å². The van der Waals surface area contributed by atoms with Gasteiger partial charge in [0.15, 0.2) is 0 Å². The largest absolute Gasteiger partial charge is 0.384 e. The minimum Gasteiger partial charge on any atom is -0.384 e. The molecule has 1 amide bonds. The molecular weight excluding hydrogens is 154 g/mol. The topological polar surface area (TPSA) is 59.2 Å². The Labute approximate surface area is 71.0 Å². The summed E-state index contributed by atoms with van der Waals surface area (Å²) in [6, 6.07) is 4.99. The van der Waals surface area contributed by atoms with Gasteiger partial charge in [0.25, 0.3) is 5.91 Å². The Hall–Kier alpha value is -1.58. The number of hydrogen-bond donors (Lipinski definition) is 1. The second-order valence-electron chi connectivity index (χ2n) is 2.65. The highest BCUT2D eigenvalue weighted by molar-refractivity contribution is 5.92. The van der Waals surface area contributed by atoms with Crippen LogP contribution in [0.5, 0.6) is 0 Å². The van der Waals surface area contributed by atoms with Gasteiger partial charge in [-0.05, 0) is 12.1 Å². The SMILES string of the molecule is CN(C)C(=O)c1cccc(N)n1. The third kappa shape index (κ3) is 1.72. The standard InChI is InChI=1S/C8H11N3O/c1-11(2)8(12)6-4-3-5-7(9)10-6/h3-5H,1-2H3,(H2,9,10). The fraction of sp³-hybridized carbons (Fsp3) is 0.250. The molecule has 2 N–H and O–H groups in total. The zero-order valence-electron chi connectivity index (χ0n) is 7.11. The van der Waals surface area contributed by atoms with E-state index in [1.165, 1.54) is 4.90 Å². The van der Waals surface area contributed by atoms with Gasteiger partial charge in [-0.3, -0.25) is 4.79 Å². The quantitative estimate of drug-likeness (QED) is 0.653. The Kier molecular flexibility index (Phi) is 2.28. The molecule has 0 spiro atoms. The number of anilines is 1. The molecule has 1 rings (SSSR count). The molecule has 0 unspecified atom stereocenters. The predicted octanol–water partition coefficient (Wildman–Crippen LogP) is 0.366. The molecule has 1 aromatic heterocycles. The van der Waals surface area contributed by atoms with Gasteiger partial charge in [-0.1, -0.05) is 6.07 Å². The van der Waals surface area contributed by atoms with E-state index in [0.717, 1.165) is 0 Å². The molecule has 0 bridgehead atoms. The maximum absolute atomic E-state index is 11.3. The van der Waals surface area contributed by atoms with Crippen molar-refractivity contribution in [2.24, 2.45) is 0 Å². The third-order valence-corrected chi connectivity index (χ3v) is 1.40. The molecule has 4 nitrogen and oxygen atoms in total. The van der Waals surface area contributed by atoms with Crippen molar-refractivity contribution in [3.8, 4) is 0 Å². The van der Waals surface area contributed by atoms with Crippen LogP contribution in [0.25, 0.3) is 0 Å². The average molecular weight is 165 g/mol. The summed E-state index contributed by atoms with van der Waals surface area (Å²) >= 11 is 0. The van der Waals surface area contributed by atoms with Gasteiger partial charge in [-0.2, -0.15) is 0 Å². The summed E-state index contributed by atoms with van der Waals surface area (Å²) in [5.74, 6) is 0.227. The predicted molar refractivity (Wildman–Crippen MR) is 46.7 cm³/mol. The Morgan fingerprint density at radius 1 is 1.50 bits per heavy atom. The van der Waals surface area contributed by atoms with Gasteiger partial charge >= 0.3 is 0 Å². The van der Waals surface area contributed by atoms with Gasteiger partial charge < -0.3 is 10.6 Å². The highest BCUT2D eigenvalue weighted by Gasteiger charge is 2.08. The lowest BCUT2D eigenvalue weighted by atomic mass is 10.3. The number of pyridine rings is 1. The number of hydrogen-bond acceptors (Lipinski definition) is 3. The Bertz CT molecular complexity index is 296. The van der Waals surface area contributed by atoms with Crippen LogP contribution < -0.4 is 5.73 Å². The first kappa shape index (κ1) is 8.52. The van der Waals surface area contributed by atoms with E-state index >= 15 is 0 Å². The number of nitrogens with two attached hydrogens (primary N) is 1. The summed E-state index contributed by atoms with van der Waals surface area (Å²) in [7, 11) is 3.35. The molecule has 0 aliphatic heterocycles. The van der Waals surface area contributed by atoms with Crippen LogP contribution in [0, 0.1) is 0 Å². The van der Waals surface area contributed by atoms with Crippen molar-refractivity contribution in [3.63, 3.8) is 0 Å². The molecule has 64 valence electrons. The third-order valence-electron chi connectivity index (χ3n) is 1.40. The first-order chi connectivity index (χ1) is 5.61. The monoisotopic (exact) mass is 165 g/mol. The molecule has 4 heteroatoms. The molecule has 0 aromatic carbocycles. The second kappa shape index (κ2) is 3.21. The number of nitrogens with zero attached hydrogens (tertiary/aromatic N) is 2. The van der Waals surface area contributed by atoms with E-state index < -0.39 is 0 Å². The molecule has 1 aromatic rings. The number of amides is 1. The van der Waals surface area contributed by atoms with Crippen LogP contribution in [0.4, 0.5) is 5.82 Å². The van der Waals surface area contributed by atoms with Crippen molar-refractivity contribution in [2.45, 2.75) is 0 Å². The Balaban J connectivity index is 2.96. The zero-order chi connectivity index (χ0) is 9.14. The number of carbonyl (C=O) groups excluding carboxylic acids is 1. The van der Waals surface area contributed by atoms with Crippen LogP contribution in [0.2, 0.25) is 0 Å². The minimum atomic E-state index is -0.137. The number of nitrogen functional groups attached to an aromatic ring is 1. The molecule has 1 heterocycles. The van der Waals surface area contributed by atoms with E-state index in [9.17, 15) is 4.79 Å². The molecule has 0 aliphatic carbocycles. The fourth-order valence-electron chi connectivity index (χ4n) is 0.800. The highest BCUT2D eigenvalue weighted by atomic mass is 16.2. The van der Waals surface area contributed by atoms with Crippen LogP contribution in [-0.2, 0) is 0 Å². The molecule has 0 aliphatic rings. The summed E-state index contributed by atoms with van der Waals surface area (Å²) in [6.45, 7) is 0. The van der Waals surface area contributed by atoms with Gasteiger partial charge in [0.2, 0.25) is 0 Å². The Morgan fingerprint density at radius 3 is 2.67 bits per heavy atom. The summed E-state index contributed by atoms with van der Waals surface area (Å²) in [5.41, 5.74) is 5.79. The highest BCUT2D eigenvalue weighted by Crippen LogP contribution is 2.01. The van der Waals surface area contributed by atoms with E-state index in [1.54, 1.807) is 32.3 Å². The lowest BCUT2D eigenvalue weighted by Crippen LogP contribution is -2.22. The van der Waals surface area contributed by atoms with E-state index in [-0.39, 0.29) is 5.91 Å². The second-order valence-corrected chi connectivity index (χ2v) is 2.65. The van der Waals surface area contributed by atoms with Crippen LogP contribution in [-0.4, -0.2) is 29.9 Å². The zero-order valence-corrected chi connectivity index (χ0v) is 7.11. The van der Waals surface area contributed by atoms with Crippen molar-refractivity contribution in [2.75, 3.05) is 19.8 Å². The van der Waals surface area contributed by atoms with Gasteiger partial charge in [-0.25, -0.2) is 4.98 Å². The fourth-order valence-corrected chi connectivity index (χ4v) is 0.800. The first-order valence-corrected chi connectivity index (χ1v) is 3.55. The summed E-state index contributed by atoms with van der Waals surface area (Å²) in [6.07, 6.45) is 0. The summed E-state index contributed by atoms with van der Waals surface area (Å²) in [4.78, 5) is 16.6. The average Bonchev–Trinajstić information content (AvgIpc) is 2.03. The number of aromatic nitrogens is 1. The molecule has 0 saturated carbocycles. The molecule has 0 saturated heterocycles. The maximum Gasteiger partial charge on any atom is 0.272 e. The van der Waals surface area contributed by atoms with E-state index in [4.69, 9.17) is 5.73 Å². The van der Waals surface area contributed by atoms with Crippen molar-refractivity contribution in [3.05, 3.63) is 23.9 Å². The van der Waals surface area contributed by atoms with Gasteiger partial charge in [0, 0.05) is 14.1 Å². The summed E-state index contributed by atoms with van der Waals surface area (Å²) < 4.78 is 0. The van der Waals surface area contributed by atoms with Crippen LogP contribution in [0.15, 0.2) is 18.2 Å².